The number of fused-ring (bicyclic) bond motifs is 1. The summed E-state index contributed by atoms with van der Waals surface area (Å²) in [5.74, 6) is 0. The molecule has 0 amide bonds. The molecule has 3 rings (SSSR count). The molecule has 3 heteroatoms. The monoisotopic (exact) mass is 294 g/mol. The molecule has 1 aromatic carbocycles. The van der Waals surface area contributed by atoms with Gasteiger partial charge in [-0.15, -0.1) is 0 Å². The van der Waals surface area contributed by atoms with Crippen molar-refractivity contribution in [1.82, 2.24) is 4.98 Å². The molecule has 1 N–H and O–H groups in total. The van der Waals surface area contributed by atoms with Crippen LogP contribution < -0.4 is 5.32 Å². The Kier molecular flexibility index (Phi) is 3.21. The third-order valence-corrected chi connectivity index (χ3v) is 5.51. The van der Waals surface area contributed by atoms with Crippen LogP contribution in [0.15, 0.2) is 18.2 Å². The maximum absolute atomic E-state index is 4.74. The van der Waals surface area contributed by atoms with E-state index in [2.05, 4.69) is 30.4 Å². The molecule has 17 heavy (non-hydrogen) atoms. The van der Waals surface area contributed by atoms with E-state index in [4.69, 9.17) is 4.98 Å². The molecule has 0 unspecified atom stereocenters. The number of aryl methyl sites for hydroxylation is 1. The van der Waals surface area contributed by atoms with Crippen LogP contribution in [0.25, 0.3) is 9.78 Å². The molecule has 0 spiro atoms. The first-order valence-electron chi connectivity index (χ1n) is 6.45. The fourth-order valence-electron chi connectivity index (χ4n) is 2.52. The van der Waals surface area contributed by atoms with E-state index >= 15 is 0 Å². The Hall–Kier alpha value is -0.791. The first kappa shape index (κ1) is 11.3. The van der Waals surface area contributed by atoms with Crippen LogP contribution in [-0.2, 0) is 0 Å². The van der Waals surface area contributed by atoms with Gasteiger partial charge in [0.25, 0.3) is 0 Å². The number of benzene rings is 1. The fraction of sp³-hybridized carbons (Fsp3) is 0.500. The quantitative estimate of drug-likeness (QED) is 0.859. The van der Waals surface area contributed by atoms with E-state index in [1.165, 1.54) is 52.1 Å². The molecule has 0 atom stereocenters. The van der Waals surface area contributed by atoms with Gasteiger partial charge in [-0.3, -0.25) is 0 Å². The van der Waals surface area contributed by atoms with Gasteiger partial charge in [-0.05, 0) is 0 Å². The van der Waals surface area contributed by atoms with E-state index in [1.54, 1.807) is 0 Å². The van der Waals surface area contributed by atoms with Gasteiger partial charge in [-0.25, -0.2) is 0 Å². The Bertz CT molecular complexity index is 512. The Morgan fingerprint density at radius 3 is 2.88 bits per heavy atom. The molecular weight excluding hydrogens is 275 g/mol. The SMILES string of the molecule is Cc1ccc2[se]c(NC3CCCCC3)nc2c1. The van der Waals surface area contributed by atoms with Crippen LogP contribution in [0.2, 0.25) is 0 Å². The predicted molar refractivity (Wildman–Crippen MR) is 73.9 cm³/mol. The summed E-state index contributed by atoms with van der Waals surface area (Å²) in [6.07, 6.45) is 6.82. The molecule has 90 valence electrons. The van der Waals surface area contributed by atoms with E-state index in [-0.39, 0.29) is 0 Å². The fourth-order valence-corrected chi connectivity index (χ4v) is 4.46. The second kappa shape index (κ2) is 4.83. The third-order valence-electron chi connectivity index (χ3n) is 3.48. The van der Waals surface area contributed by atoms with E-state index in [0.717, 1.165) is 0 Å². The van der Waals surface area contributed by atoms with Crippen molar-refractivity contribution in [3.8, 4) is 0 Å². The van der Waals surface area contributed by atoms with Crippen molar-refractivity contribution in [2.24, 2.45) is 0 Å². The number of hydrogen-bond donors (Lipinski definition) is 1. The van der Waals surface area contributed by atoms with Crippen LogP contribution in [0.1, 0.15) is 37.7 Å². The van der Waals surface area contributed by atoms with Crippen molar-refractivity contribution in [2.75, 3.05) is 5.32 Å². The summed E-state index contributed by atoms with van der Waals surface area (Å²) in [6, 6.07) is 7.32. The number of anilines is 1. The Balaban J connectivity index is 1.80. The second-order valence-electron chi connectivity index (χ2n) is 4.97. The van der Waals surface area contributed by atoms with E-state index in [0.29, 0.717) is 20.5 Å². The predicted octanol–water partition coefficient (Wildman–Crippen LogP) is 3.34. The number of hydrogen-bond acceptors (Lipinski definition) is 2. The molecule has 1 heterocycles. The van der Waals surface area contributed by atoms with Crippen LogP contribution in [0, 0.1) is 6.92 Å². The zero-order valence-corrected chi connectivity index (χ0v) is 11.9. The van der Waals surface area contributed by atoms with E-state index in [9.17, 15) is 0 Å². The first-order valence-corrected chi connectivity index (χ1v) is 8.16. The van der Waals surface area contributed by atoms with Gasteiger partial charge in [0.2, 0.25) is 0 Å². The van der Waals surface area contributed by atoms with Crippen molar-refractivity contribution in [1.29, 1.82) is 0 Å². The van der Waals surface area contributed by atoms with Gasteiger partial charge in [0, 0.05) is 0 Å². The summed E-state index contributed by atoms with van der Waals surface area (Å²) in [4.78, 5) is 4.74. The summed E-state index contributed by atoms with van der Waals surface area (Å²) in [5, 5.41) is 3.66. The number of rotatable bonds is 2. The van der Waals surface area contributed by atoms with E-state index in [1.807, 2.05) is 0 Å². The van der Waals surface area contributed by atoms with Gasteiger partial charge in [-0.1, -0.05) is 0 Å². The first-order chi connectivity index (χ1) is 8.31. The molecule has 1 aromatic heterocycles. The molecule has 1 fully saturated rings. The van der Waals surface area contributed by atoms with Crippen LogP contribution in [-0.4, -0.2) is 25.5 Å². The van der Waals surface area contributed by atoms with Crippen LogP contribution in [0.5, 0.6) is 0 Å². The summed E-state index contributed by atoms with van der Waals surface area (Å²) in [6.45, 7) is 2.13. The average molecular weight is 293 g/mol. The minimum atomic E-state index is 0.403. The molecule has 0 aliphatic heterocycles. The zero-order valence-electron chi connectivity index (χ0n) is 10.2. The Labute approximate surface area is 108 Å². The van der Waals surface area contributed by atoms with E-state index < -0.39 is 0 Å². The van der Waals surface area contributed by atoms with Gasteiger partial charge < -0.3 is 0 Å². The maximum atomic E-state index is 4.74. The molecule has 0 saturated heterocycles. The third kappa shape index (κ3) is 2.56. The van der Waals surface area contributed by atoms with Crippen molar-refractivity contribution in [2.45, 2.75) is 45.1 Å². The van der Waals surface area contributed by atoms with Crippen molar-refractivity contribution in [3.63, 3.8) is 0 Å². The van der Waals surface area contributed by atoms with Gasteiger partial charge in [-0.2, -0.15) is 0 Å². The van der Waals surface area contributed by atoms with Gasteiger partial charge >= 0.3 is 108 Å². The van der Waals surface area contributed by atoms with Crippen LogP contribution in [0.3, 0.4) is 0 Å². The van der Waals surface area contributed by atoms with Gasteiger partial charge in [0.1, 0.15) is 0 Å². The normalized spacial score (nSPS) is 17.5. The number of aromatic nitrogens is 1. The Morgan fingerprint density at radius 1 is 1.24 bits per heavy atom. The molecular formula is C14H18N2Se. The number of nitrogens with zero attached hydrogens (tertiary/aromatic N) is 1. The van der Waals surface area contributed by atoms with Crippen molar-refractivity contribution >= 4 is 29.0 Å². The molecule has 0 bridgehead atoms. The van der Waals surface area contributed by atoms with Gasteiger partial charge in [0.05, 0.1) is 0 Å². The van der Waals surface area contributed by atoms with Crippen molar-refractivity contribution < 1.29 is 0 Å². The summed E-state index contributed by atoms with van der Waals surface area (Å²) < 4.78 is 2.67. The van der Waals surface area contributed by atoms with Crippen LogP contribution in [0.4, 0.5) is 4.69 Å². The summed E-state index contributed by atoms with van der Waals surface area (Å²) in [5.41, 5.74) is 2.51. The standard InChI is InChI=1S/C14H18N2Se/c1-10-7-8-13-12(9-10)16-14(17-13)15-11-5-3-2-4-6-11/h7-9,11H,2-6H2,1H3,(H,15,16). The summed E-state index contributed by atoms with van der Waals surface area (Å²) in [7, 11) is 0. The molecule has 2 aromatic rings. The van der Waals surface area contributed by atoms with Crippen molar-refractivity contribution in [3.05, 3.63) is 23.8 Å². The Morgan fingerprint density at radius 2 is 2.06 bits per heavy atom. The summed E-state index contributed by atoms with van der Waals surface area (Å²) >= 11 is 0.403. The average Bonchev–Trinajstić information content (AvgIpc) is 2.71. The molecule has 0 radical (unpaired) electrons. The van der Waals surface area contributed by atoms with Crippen LogP contribution >= 0.6 is 0 Å². The minimum absolute atomic E-state index is 0.403. The zero-order chi connectivity index (χ0) is 11.7. The molecule has 1 aliphatic rings. The molecule has 2 nitrogen and oxygen atoms in total. The second-order valence-corrected chi connectivity index (χ2v) is 7.13. The number of nitrogens with one attached hydrogen (secondary N) is 1. The molecule has 1 aliphatic carbocycles. The topological polar surface area (TPSA) is 24.9 Å². The van der Waals surface area contributed by atoms with Gasteiger partial charge in [0.15, 0.2) is 0 Å². The molecule has 1 saturated carbocycles.